The third-order valence-electron chi connectivity index (χ3n) is 8.52. The van der Waals surface area contributed by atoms with Crippen LogP contribution in [0.1, 0.15) is 203 Å². The smallest absolute Gasteiger partial charge is 0.338 e. The molecule has 0 amide bonds. The predicted molar refractivity (Wildman–Crippen MR) is 176 cm³/mol. The van der Waals surface area contributed by atoms with E-state index in [9.17, 15) is 4.79 Å². The Bertz CT molecular complexity index is 650. The molecule has 0 aromatic heterocycles. The molecule has 0 aliphatic rings. The van der Waals surface area contributed by atoms with Crippen molar-refractivity contribution in [2.24, 2.45) is 0 Å². The van der Waals surface area contributed by atoms with E-state index < -0.39 is 0 Å². The zero-order valence-corrected chi connectivity index (χ0v) is 27.1. The topological polar surface area (TPSA) is 26.3 Å². The van der Waals surface area contributed by atoms with E-state index in [1.807, 2.05) is 31.2 Å². The molecule has 232 valence electrons. The second-order valence-corrected chi connectivity index (χ2v) is 12.5. The Kier molecular flexibility index (Phi) is 26.8. The van der Waals surface area contributed by atoms with Gasteiger partial charge in [-0.1, -0.05) is 198 Å². The monoisotopic (exact) mass is 557 g/mol. The summed E-state index contributed by atoms with van der Waals surface area (Å²) in [7, 11) is 0. The lowest BCUT2D eigenvalue weighted by molar-refractivity contribution is 0.0497. The number of carbonyl (C=O) groups is 1. The normalized spacial score (nSPS) is 11.2. The summed E-state index contributed by atoms with van der Waals surface area (Å²) in [6.45, 7) is 4.87. The first-order valence-electron chi connectivity index (χ1n) is 18.0. The van der Waals surface area contributed by atoms with Crippen molar-refractivity contribution in [1.29, 1.82) is 0 Å². The van der Waals surface area contributed by atoms with Crippen LogP contribution in [-0.4, -0.2) is 12.6 Å². The second kappa shape index (κ2) is 29.2. The van der Waals surface area contributed by atoms with Crippen LogP contribution in [0.25, 0.3) is 0 Å². The second-order valence-electron chi connectivity index (χ2n) is 12.5. The van der Waals surface area contributed by atoms with Gasteiger partial charge >= 0.3 is 5.97 Å². The summed E-state index contributed by atoms with van der Waals surface area (Å²) in [5, 5.41) is 0. The molecule has 0 fully saturated rings. The summed E-state index contributed by atoms with van der Waals surface area (Å²) in [5.41, 5.74) is 1.82. The minimum absolute atomic E-state index is 0.190. The zero-order chi connectivity index (χ0) is 28.8. The molecule has 0 saturated heterocycles. The van der Waals surface area contributed by atoms with E-state index >= 15 is 0 Å². The zero-order valence-electron chi connectivity index (χ0n) is 27.1. The molecule has 0 aliphatic heterocycles. The fourth-order valence-electron chi connectivity index (χ4n) is 5.71. The summed E-state index contributed by atoms with van der Waals surface area (Å²) in [6, 6.07) is 7.61. The van der Waals surface area contributed by atoms with Crippen LogP contribution in [0.15, 0.2) is 24.3 Å². The van der Waals surface area contributed by atoms with Gasteiger partial charge in [0.1, 0.15) is 0 Å². The van der Waals surface area contributed by atoms with Crippen molar-refractivity contribution in [3.8, 4) is 0 Å². The first-order valence-corrected chi connectivity index (χ1v) is 18.0. The highest BCUT2D eigenvalue weighted by Gasteiger charge is 2.05. The standard InChI is InChI=1S/C38H68O2/c1-3-4-5-6-7-8-9-10-11-12-13-14-15-16-17-18-19-20-21-22-23-24-25-26-27-28-29-30-35-40-38(39)37-33-31-36(2)32-34-37/h31-34H,3-30,35H2,1-2H3. The van der Waals surface area contributed by atoms with Gasteiger partial charge in [0.25, 0.3) is 0 Å². The van der Waals surface area contributed by atoms with Crippen LogP contribution in [0, 0.1) is 6.92 Å². The summed E-state index contributed by atoms with van der Waals surface area (Å²) in [4.78, 5) is 12.0. The Morgan fingerprint density at radius 3 is 1.02 bits per heavy atom. The predicted octanol–water partition coefficient (Wildman–Crippen LogP) is 13.1. The van der Waals surface area contributed by atoms with E-state index in [1.165, 1.54) is 173 Å². The minimum atomic E-state index is -0.190. The molecule has 1 aromatic rings. The highest BCUT2D eigenvalue weighted by Crippen LogP contribution is 2.16. The average molecular weight is 557 g/mol. The summed E-state index contributed by atoms with van der Waals surface area (Å²) < 4.78 is 5.39. The molecule has 2 nitrogen and oxygen atoms in total. The van der Waals surface area contributed by atoms with Gasteiger partial charge in [-0.05, 0) is 25.5 Å². The SMILES string of the molecule is CCCCCCCCCCCCCCCCCCCCCCCCCCCCCCOC(=O)c1ccc(C)cc1. The largest absolute Gasteiger partial charge is 0.462 e. The van der Waals surface area contributed by atoms with Crippen molar-refractivity contribution in [2.45, 2.75) is 194 Å². The Balaban J connectivity index is 1.67. The fraction of sp³-hybridized carbons (Fsp3) is 0.816. The molecule has 0 bridgehead atoms. The van der Waals surface area contributed by atoms with Crippen LogP contribution in [0.4, 0.5) is 0 Å². The molecular formula is C38H68O2. The lowest BCUT2D eigenvalue weighted by Crippen LogP contribution is -2.06. The van der Waals surface area contributed by atoms with Gasteiger partial charge in [-0.15, -0.1) is 0 Å². The molecule has 0 radical (unpaired) electrons. The third-order valence-corrected chi connectivity index (χ3v) is 8.52. The summed E-state index contributed by atoms with van der Waals surface area (Å²) in [5.74, 6) is -0.190. The number of hydrogen-bond acceptors (Lipinski definition) is 2. The molecule has 0 N–H and O–H groups in total. The van der Waals surface area contributed by atoms with Crippen LogP contribution in [0.5, 0.6) is 0 Å². The maximum absolute atomic E-state index is 12.0. The maximum atomic E-state index is 12.0. The van der Waals surface area contributed by atoms with Crippen LogP contribution >= 0.6 is 0 Å². The number of benzene rings is 1. The molecule has 0 saturated carbocycles. The molecule has 0 unspecified atom stereocenters. The lowest BCUT2D eigenvalue weighted by Gasteiger charge is -2.06. The summed E-state index contributed by atoms with van der Waals surface area (Å²) >= 11 is 0. The van der Waals surface area contributed by atoms with E-state index in [0.717, 1.165) is 12.0 Å². The fourth-order valence-corrected chi connectivity index (χ4v) is 5.71. The Morgan fingerprint density at radius 1 is 0.450 bits per heavy atom. The summed E-state index contributed by atoms with van der Waals surface area (Å²) in [6.07, 6.45) is 39.5. The Labute approximate surface area is 250 Å². The van der Waals surface area contributed by atoms with Crippen molar-refractivity contribution in [3.05, 3.63) is 35.4 Å². The van der Waals surface area contributed by atoms with Gasteiger partial charge in [0.2, 0.25) is 0 Å². The first kappa shape index (κ1) is 36.7. The Hall–Kier alpha value is -1.31. The molecule has 0 heterocycles. The van der Waals surface area contributed by atoms with Crippen molar-refractivity contribution in [1.82, 2.24) is 0 Å². The number of ether oxygens (including phenoxy) is 1. The van der Waals surface area contributed by atoms with Gasteiger partial charge in [0, 0.05) is 0 Å². The number of esters is 1. The molecular weight excluding hydrogens is 488 g/mol. The first-order chi connectivity index (χ1) is 19.7. The van der Waals surface area contributed by atoms with Crippen molar-refractivity contribution in [2.75, 3.05) is 6.61 Å². The molecule has 1 rings (SSSR count). The minimum Gasteiger partial charge on any atom is -0.462 e. The number of rotatable bonds is 30. The van der Waals surface area contributed by atoms with Crippen molar-refractivity contribution >= 4 is 5.97 Å². The van der Waals surface area contributed by atoms with Crippen molar-refractivity contribution < 1.29 is 9.53 Å². The van der Waals surface area contributed by atoms with Crippen molar-refractivity contribution in [3.63, 3.8) is 0 Å². The number of carbonyl (C=O) groups excluding carboxylic acids is 1. The molecule has 0 spiro atoms. The molecule has 0 atom stereocenters. The Morgan fingerprint density at radius 2 is 0.725 bits per heavy atom. The number of aryl methyl sites for hydroxylation is 1. The number of hydrogen-bond donors (Lipinski definition) is 0. The van der Waals surface area contributed by atoms with E-state index in [0.29, 0.717) is 12.2 Å². The van der Waals surface area contributed by atoms with Gasteiger partial charge in [0.05, 0.1) is 12.2 Å². The quantitative estimate of drug-likeness (QED) is 0.0695. The van der Waals surface area contributed by atoms with E-state index in [-0.39, 0.29) is 5.97 Å². The lowest BCUT2D eigenvalue weighted by atomic mass is 10.0. The molecule has 0 aliphatic carbocycles. The van der Waals surface area contributed by atoms with Crippen LogP contribution in [0.2, 0.25) is 0 Å². The van der Waals surface area contributed by atoms with E-state index in [2.05, 4.69) is 6.92 Å². The number of unbranched alkanes of at least 4 members (excludes halogenated alkanes) is 27. The molecule has 2 heteroatoms. The highest BCUT2D eigenvalue weighted by atomic mass is 16.5. The van der Waals surface area contributed by atoms with E-state index in [4.69, 9.17) is 4.74 Å². The van der Waals surface area contributed by atoms with Gasteiger partial charge in [-0.25, -0.2) is 4.79 Å². The average Bonchev–Trinajstić information content (AvgIpc) is 2.96. The van der Waals surface area contributed by atoms with Crippen LogP contribution in [-0.2, 0) is 4.74 Å². The highest BCUT2D eigenvalue weighted by molar-refractivity contribution is 5.89. The van der Waals surface area contributed by atoms with Gasteiger partial charge in [0.15, 0.2) is 0 Å². The van der Waals surface area contributed by atoms with E-state index in [1.54, 1.807) is 0 Å². The van der Waals surface area contributed by atoms with Gasteiger partial charge in [-0.3, -0.25) is 0 Å². The molecule has 40 heavy (non-hydrogen) atoms. The van der Waals surface area contributed by atoms with Crippen LogP contribution < -0.4 is 0 Å². The third kappa shape index (κ3) is 24.5. The van der Waals surface area contributed by atoms with Gasteiger partial charge < -0.3 is 4.74 Å². The van der Waals surface area contributed by atoms with Gasteiger partial charge in [-0.2, -0.15) is 0 Å². The maximum Gasteiger partial charge on any atom is 0.338 e. The molecule has 1 aromatic carbocycles. The van der Waals surface area contributed by atoms with Crippen LogP contribution in [0.3, 0.4) is 0 Å².